The van der Waals surface area contributed by atoms with Crippen molar-refractivity contribution in [3.63, 3.8) is 0 Å². The summed E-state index contributed by atoms with van der Waals surface area (Å²) in [4.78, 5) is 13.6. The Balaban J connectivity index is 3.10. The summed E-state index contributed by atoms with van der Waals surface area (Å²) in [6, 6.07) is 1.87. The van der Waals surface area contributed by atoms with Crippen molar-refractivity contribution in [1.82, 2.24) is 4.90 Å². The lowest BCUT2D eigenvalue weighted by Crippen LogP contribution is -2.41. The summed E-state index contributed by atoms with van der Waals surface area (Å²) in [5, 5.41) is 27.2. The second-order valence-corrected chi connectivity index (χ2v) is 4.49. The monoisotopic (exact) mass is 323 g/mol. The van der Waals surface area contributed by atoms with E-state index in [2.05, 4.69) is 0 Å². The van der Waals surface area contributed by atoms with E-state index in [-0.39, 0.29) is 30.2 Å². The summed E-state index contributed by atoms with van der Waals surface area (Å²) in [5.41, 5.74) is -0.357. The van der Waals surface area contributed by atoms with Gasteiger partial charge in [-0.3, -0.25) is 5.41 Å². The van der Waals surface area contributed by atoms with Crippen molar-refractivity contribution in [2.75, 3.05) is 39.5 Å². The zero-order valence-corrected chi connectivity index (χ0v) is 13.3. The number of rotatable bonds is 6. The number of nitriles is 1. The van der Waals surface area contributed by atoms with Gasteiger partial charge in [-0.1, -0.05) is 0 Å². The maximum Gasteiger partial charge on any atom is 0.345 e. The third-order valence-corrected chi connectivity index (χ3v) is 3.00. The normalized spacial score (nSPS) is 16.2. The molecule has 0 radical (unpaired) electrons. The van der Waals surface area contributed by atoms with Crippen molar-refractivity contribution < 1.29 is 24.1 Å². The molecule has 1 fully saturated rings. The van der Waals surface area contributed by atoms with Gasteiger partial charge in [-0.2, -0.15) is 5.26 Å². The van der Waals surface area contributed by atoms with Crippen LogP contribution in [0.5, 0.6) is 0 Å². The maximum absolute atomic E-state index is 11.9. The molecule has 1 aliphatic rings. The van der Waals surface area contributed by atoms with Crippen LogP contribution in [-0.4, -0.2) is 61.3 Å². The summed E-state index contributed by atoms with van der Waals surface area (Å²) >= 11 is 0. The van der Waals surface area contributed by atoms with E-state index >= 15 is 0 Å². The van der Waals surface area contributed by atoms with Gasteiger partial charge >= 0.3 is 5.97 Å². The second kappa shape index (κ2) is 9.48. The fraction of sp³-hybridized carbons (Fsp3) is 0.533. The lowest BCUT2D eigenvalue weighted by atomic mass is 10.1. The Kier molecular flexibility index (Phi) is 7.63. The number of nitrogens with zero attached hydrogens (tertiary/aromatic N) is 2. The van der Waals surface area contributed by atoms with Gasteiger partial charge in [-0.25, -0.2) is 4.79 Å². The molecule has 23 heavy (non-hydrogen) atoms. The van der Waals surface area contributed by atoms with Crippen LogP contribution in [0.3, 0.4) is 0 Å². The minimum atomic E-state index is -0.819. The molecule has 126 valence electrons. The molecule has 0 aliphatic carbocycles. The van der Waals surface area contributed by atoms with Crippen LogP contribution < -0.4 is 0 Å². The molecule has 0 unspecified atom stereocenters. The van der Waals surface area contributed by atoms with Gasteiger partial charge < -0.3 is 24.2 Å². The number of morpholine rings is 1. The molecule has 0 aromatic rings. The highest BCUT2D eigenvalue weighted by Crippen LogP contribution is 2.13. The quantitative estimate of drug-likeness (QED) is 0.143. The van der Waals surface area contributed by atoms with Crippen LogP contribution >= 0.6 is 0 Å². The smallest absolute Gasteiger partial charge is 0.345 e. The number of esters is 1. The predicted molar refractivity (Wildman–Crippen MR) is 81.7 cm³/mol. The molecule has 0 aromatic carbocycles. The summed E-state index contributed by atoms with van der Waals surface area (Å²) < 4.78 is 15.0. The Morgan fingerprint density at radius 1 is 1.35 bits per heavy atom. The molecular weight excluding hydrogens is 302 g/mol. The van der Waals surface area contributed by atoms with E-state index in [4.69, 9.17) is 19.6 Å². The van der Waals surface area contributed by atoms with Crippen molar-refractivity contribution in [1.29, 1.82) is 10.7 Å². The van der Waals surface area contributed by atoms with Gasteiger partial charge in [0.25, 0.3) is 5.95 Å². The highest BCUT2D eigenvalue weighted by Gasteiger charge is 2.22. The van der Waals surface area contributed by atoms with Gasteiger partial charge in [-0.05, 0) is 19.9 Å². The van der Waals surface area contributed by atoms with E-state index in [0.29, 0.717) is 26.3 Å². The molecule has 2 N–H and O–H groups in total. The summed E-state index contributed by atoms with van der Waals surface area (Å²) in [6.45, 7) is 5.41. The van der Waals surface area contributed by atoms with Gasteiger partial charge in [0.1, 0.15) is 17.5 Å². The molecule has 8 nitrogen and oxygen atoms in total. The first-order chi connectivity index (χ1) is 11.0. The van der Waals surface area contributed by atoms with Crippen LogP contribution in [0.25, 0.3) is 0 Å². The number of hydrogen-bond donors (Lipinski definition) is 2. The highest BCUT2D eigenvalue weighted by molar-refractivity contribution is 6.02. The molecule has 1 saturated heterocycles. The van der Waals surface area contributed by atoms with Crippen molar-refractivity contribution in [2.24, 2.45) is 0 Å². The average Bonchev–Trinajstić information content (AvgIpc) is 2.56. The molecule has 0 saturated carbocycles. The van der Waals surface area contributed by atoms with Crippen molar-refractivity contribution >= 4 is 11.8 Å². The van der Waals surface area contributed by atoms with Crippen LogP contribution in [0.2, 0.25) is 0 Å². The van der Waals surface area contributed by atoms with Crippen LogP contribution in [0, 0.1) is 16.7 Å². The van der Waals surface area contributed by atoms with Gasteiger partial charge in [-0.15, -0.1) is 0 Å². The molecule has 8 heteroatoms. The maximum atomic E-state index is 11.9. The SMILES string of the molecule is CCOC(=O)C(/C=C(\C#N)C(=N)N1CCOCC1)=C(/O)OCC. The molecule has 0 amide bonds. The minimum Gasteiger partial charge on any atom is -0.480 e. The van der Waals surface area contributed by atoms with E-state index < -0.39 is 11.9 Å². The molecule has 0 atom stereocenters. The predicted octanol–water partition coefficient (Wildman–Crippen LogP) is 1.12. The fourth-order valence-electron chi connectivity index (χ4n) is 1.89. The Bertz CT molecular complexity index is 542. The third-order valence-electron chi connectivity index (χ3n) is 3.00. The Labute approximate surface area is 135 Å². The largest absolute Gasteiger partial charge is 0.480 e. The lowest BCUT2D eigenvalue weighted by molar-refractivity contribution is -0.138. The van der Waals surface area contributed by atoms with Crippen molar-refractivity contribution in [2.45, 2.75) is 13.8 Å². The van der Waals surface area contributed by atoms with Crippen molar-refractivity contribution in [3.8, 4) is 6.07 Å². The number of carbonyl (C=O) groups excluding carboxylic acids is 1. The number of amidine groups is 1. The number of ether oxygens (including phenoxy) is 3. The zero-order valence-electron chi connectivity index (χ0n) is 13.3. The lowest BCUT2D eigenvalue weighted by Gasteiger charge is -2.28. The van der Waals surface area contributed by atoms with Crippen LogP contribution in [0.4, 0.5) is 0 Å². The number of aliphatic hydroxyl groups excluding tert-OH is 1. The van der Waals surface area contributed by atoms with E-state index in [1.807, 2.05) is 6.07 Å². The molecule has 1 heterocycles. The van der Waals surface area contributed by atoms with Crippen LogP contribution in [-0.2, 0) is 19.0 Å². The van der Waals surface area contributed by atoms with Gasteiger partial charge in [0, 0.05) is 13.1 Å². The Hall–Kier alpha value is -2.53. The first-order valence-electron chi connectivity index (χ1n) is 7.31. The summed E-state index contributed by atoms with van der Waals surface area (Å²) in [7, 11) is 0. The van der Waals surface area contributed by atoms with E-state index in [1.165, 1.54) is 0 Å². The number of aliphatic hydroxyl groups is 1. The van der Waals surface area contributed by atoms with Crippen molar-refractivity contribution in [3.05, 3.63) is 23.2 Å². The van der Waals surface area contributed by atoms with E-state index in [0.717, 1.165) is 6.08 Å². The number of nitrogens with one attached hydrogen (secondary N) is 1. The van der Waals surface area contributed by atoms with Gasteiger partial charge in [0.15, 0.2) is 0 Å². The molecule has 1 rings (SSSR count). The molecule has 0 spiro atoms. The summed E-state index contributed by atoms with van der Waals surface area (Å²) in [6.07, 6.45) is 1.11. The topological polar surface area (TPSA) is 116 Å². The third kappa shape index (κ3) is 5.30. The molecule has 0 bridgehead atoms. The Morgan fingerprint density at radius 3 is 2.48 bits per heavy atom. The van der Waals surface area contributed by atoms with Gasteiger partial charge in [0.2, 0.25) is 0 Å². The molecular formula is C15H21N3O5. The fourth-order valence-corrected chi connectivity index (χ4v) is 1.89. The first-order valence-corrected chi connectivity index (χ1v) is 7.31. The second-order valence-electron chi connectivity index (χ2n) is 4.49. The standard InChI is InChI=1S/C15H21N3O5/c1-3-22-14(19)12(15(20)23-4-2)9-11(10-16)13(17)18-5-7-21-8-6-18/h9,17,19H,3-8H2,1-2H3/b11-9+,14-12-,17-13?. The van der Waals surface area contributed by atoms with E-state index in [1.54, 1.807) is 18.7 Å². The summed E-state index contributed by atoms with van der Waals surface area (Å²) in [5.74, 6) is -1.49. The van der Waals surface area contributed by atoms with Crippen LogP contribution in [0.15, 0.2) is 23.2 Å². The first kappa shape index (κ1) is 18.5. The van der Waals surface area contributed by atoms with Gasteiger partial charge in [0.05, 0.1) is 32.0 Å². The molecule has 1 aliphatic heterocycles. The molecule has 0 aromatic heterocycles. The minimum absolute atomic E-state index is 0.0399. The Morgan fingerprint density at radius 2 is 1.96 bits per heavy atom. The number of hydrogen-bond acceptors (Lipinski definition) is 7. The van der Waals surface area contributed by atoms with E-state index in [9.17, 15) is 15.2 Å². The average molecular weight is 323 g/mol. The highest BCUT2D eigenvalue weighted by atomic mass is 16.6. The zero-order chi connectivity index (χ0) is 17.2. The number of carbonyl (C=O) groups is 1. The van der Waals surface area contributed by atoms with Crippen LogP contribution in [0.1, 0.15) is 13.8 Å².